The fraction of sp³-hybridized carbons (Fsp3) is 0.0667. The predicted molar refractivity (Wildman–Crippen MR) is 76.6 cm³/mol. The number of hydrogen-bond acceptors (Lipinski definition) is 4. The molecule has 0 aromatic heterocycles. The van der Waals surface area contributed by atoms with E-state index in [-0.39, 0.29) is 18.0 Å². The van der Waals surface area contributed by atoms with Gasteiger partial charge in [0, 0.05) is 17.3 Å². The van der Waals surface area contributed by atoms with Gasteiger partial charge in [-0.25, -0.2) is 0 Å². The third-order valence-corrected chi connectivity index (χ3v) is 2.81. The van der Waals surface area contributed by atoms with E-state index in [4.69, 9.17) is 5.26 Å². The van der Waals surface area contributed by atoms with Crippen LogP contribution in [0.4, 0.5) is 11.4 Å². The van der Waals surface area contributed by atoms with Gasteiger partial charge in [-0.1, -0.05) is 24.3 Å². The molecule has 6 nitrogen and oxygen atoms in total. The Hall–Kier alpha value is -3.20. The second-order valence-electron chi connectivity index (χ2n) is 4.30. The van der Waals surface area contributed by atoms with Gasteiger partial charge in [0.15, 0.2) is 0 Å². The van der Waals surface area contributed by atoms with E-state index < -0.39 is 4.92 Å². The van der Waals surface area contributed by atoms with Crippen LogP contribution in [0.25, 0.3) is 0 Å². The molecule has 0 bridgehead atoms. The molecule has 0 saturated carbocycles. The molecule has 0 spiro atoms. The number of para-hydroxylation sites is 1. The third kappa shape index (κ3) is 3.64. The largest absolute Gasteiger partial charge is 0.326 e. The normalized spacial score (nSPS) is 9.67. The summed E-state index contributed by atoms with van der Waals surface area (Å²) in [7, 11) is 0. The Balaban J connectivity index is 2.12. The van der Waals surface area contributed by atoms with Gasteiger partial charge in [0.05, 0.1) is 23.0 Å². The average molecular weight is 281 g/mol. The standard InChI is InChI=1S/C15H11N3O3/c16-10-11-4-3-6-13(8-11)17-15(19)9-12-5-1-2-7-14(12)18(20)21/h1-8H,9H2,(H,17,19). The van der Waals surface area contributed by atoms with Crippen molar-refractivity contribution in [1.29, 1.82) is 5.26 Å². The van der Waals surface area contributed by atoms with Crippen molar-refractivity contribution in [2.45, 2.75) is 6.42 Å². The molecule has 2 aromatic carbocycles. The molecule has 1 amide bonds. The SMILES string of the molecule is N#Cc1cccc(NC(=O)Cc2ccccc2[N+](=O)[O-])c1. The fourth-order valence-electron chi connectivity index (χ4n) is 1.88. The second kappa shape index (κ2) is 6.30. The molecule has 0 atom stereocenters. The minimum atomic E-state index is -0.515. The molecular formula is C15H11N3O3. The van der Waals surface area contributed by atoms with Gasteiger partial charge in [0.2, 0.25) is 5.91 Å². The Morgan fingerprint density at radius 2 is 2.00 bits per heavy atom. The van der Waals surface area contributed by atoms with Crippen molar-refractivity contribution >= 4 is 17.3 Å². The maximum Gasteiger partial charge on any atom is 0.273 e. The lowest BCUT2D eigenvalue weighted by Gasteiger charge is -2.06. The molecule has 2 aromatic rings. The minimum Gasteiger partial charge on any atom is -0.326 e. The van der Waals surface area contributed by atoms with E-state index in [1.54, 1.807) is 36.4 Å². The fourth-order valence-corrected chi connectivity index (χ4v) is 1.88. The molecule has 0 unspecified atom stereocenters. The summed E-state index contributed by atoms with van der Waals surface area (Å²) >= 11 is 0. The third-order valence-electron chi connectivity index (χ3n) is 2.81. The summed E-state index contributed by atoms with van der Waals surface area (Å²) in [6.07, 6.45) is -0.103. The number of anilines is 1. The molecule has 0 aliphatic heterocycles. The molecule has 0 fully saturated rings. The van der Waals surface area contributed by atoms with E-state index in [2.05, 4.69) is 5.32 Å². The van der Waals surface area contributed by atoms with Gasteiger partial charge in [-0.2, -0.15) is 5.26 Å². The first kappa shape index (κ1) is 14.2. The van der Waals surface area contributed by atoms with Crippen LogP contribution in [-0.2, 0) is 11.2 Å². The van der Waals surface area contributed by atoms with E-state index in [0.717, 1.165) is 0 Å². The topological polar surface area (TPSA) is 96.0 Å². The minimum absolute atomic E-state index is 0.0848. The average Bonchev–Trinajstić information content (AvgIpc) is 2.47. The molecule has 0 heterocycles. The molecule has 2 rings (SSSR count). The number of nitro groups is 1. The number of nitrogens with zero attached hydrogens (tertiary/aromatic N) is 2. The Labute approximate surface area is 120 Å². The van der Waals surface area contributed by atoms with Gasteiger partial charge in [-0.15, -0.1) is 0 Å². The van der Waals surface area contributed by atoms with Crippen molar-refractivity contribution in [2.75, 3.05) is 5.32 Å². The maximum absolute atomic E-state index is 11.9. The van der Waals surface area contributed by atoms with Crippen LogP contribution in [0.15, 0.2) is 48.5 Å². The molecular weight excluding hydrogens is 270 g/mol. The lowest BCUT2D eigenvalue weighted by atomic mass is 10.1. The van der Waals surface area contributed by atoms with Crippen LogP contribution >= 0.6 is 0 Å². The van der Waals surface area contributed by atoms with E-state index >= 15 is 0 Å². The van der Waals surface area contributed by atoms with Gasteiger partial charge in [-0.05, 0) is 18.2 Å². The van der Waals surface area contributed by atoms with Crippen LogP contribution in [0, 0.1) is 21.4 Å². The van der Waals surface area contributed by atoms with Gasteiger partial charge in [0.25, 0.3) is 5.69 Å². The quantitative estimate of drug-likeness (QED) is 0.688. The van der Waals surface area contributed by atoms with Crippen molar-refractivity contribution in [3.8, 4) is 6.07 Å². The summed E-state index contributed by atoms with van der Waals surface area (Å²) in [6, 6.07) is 14.5. The first-order valence-corrected chi connectivity index (χ1v) is 6.12. The molecule has 104 valence electrons. The maximum atomic E-state index is 11.9. The van der Waals surface area contributed by atoms with Crippen molar-refractivity contribution in [3.05, 3.63) is 69.8 Å². The van der Waals surface area contributed by atoms with Gasteiger partial charge in [0.1, 0.15) is 0 Å². The molecule has 0 saturated heterocycles. The number of carbonyl (C=O) groups excluding carboxylic acids is 1. The van der Waals surface area contributed by atoms with Crippen LogP contribution < -0.4 is 5.32 Å². The van der Waals surface area contributed by atoms with Gasteiger partial charge < -0.3 is 5.32 Å². The first-order chi connectivity index (χ1) is 10.1. The van der Waals surface area contributed by atoms with Crippen molar-refractivity contribution < 1.29 is 9.72 Å². The van der Waals surface area contributed by atoms with Gasteiger partial charge in [-0.3, -0.25) is 14.9 Å². The number of nitriles is 1. The van der Waals surface area contributed by atoms with Crippen molar-refractivity contribution in [2.24, 2.45) is 0 Å². The number of nitrogens with one attached hydrogen (secondary N) is 1. The van der Waals surface area contributed by atoms with E-state index in [9.17, 15) is 14.9 Å². The van der Waals surface area contributed by atoms with Crippen molar-refractivity contribution in [1.82, 2.24) is 0 Å². The number of carbonyl (C=O) groups is 1. The summed E-state index contributed by atoms with van der Waals surface area (Å²) in [6.45, 7) is 0. The molecule has 0 aliphatic rings. The predicted octanol–water partition coefficient (Wildman–Crippen LogP) is 2.65. The number of hydrogen-bond donors (Lipinski definition) is 1. The number of amides is 1. The van der Waals surface area contributed by atoms with Crippen molar-refractivity contribution in [3.63, 3.8) is 0 Å². The summed E-state index contributed by atoms with van der Waals surface area (Å²) < 4.78 is 0. The Morgan fingerprint density at radius 1 is 1.24 bits per heavy atom. The molecule has 0 aliphatic carbocycles. The highest BCUT2D eigenvalue weighted by atomic mass is 16.6. The number of benzene rings is 2. The van der Waals surface area contributed by atoms with E-state index in [1.807, 2.05) is 6.07 Å². The molecule has 6 heteroatoms. The molecule has 0 radical (unpaired) electrons. The number of rotatable bonds is 4. The van der Waals surface area contributed by atoms with Crippen LogP contribution in [0.5, 0.6) is 0 Å². The Bertz CT molecular complexity index is 735. The van der Waals surface area contributed by atoms with Gasteiger partial charge >= 0.3 is 0 Å². The zero-order valence-corrected chi connectivity index (χ0v) is 10.9. The lowest BCUT2D eigenvalue weighted by molar-refractivity contribution is -0.385. The van der Waals surface area contributed by atoms with Crippen LogP contribution in [0.3, 0.4) is 0 Å². The Morgan fingerprint density at radius 3 is 2.71 bits per heavy atom. The molecule has 21 heavy (non-hydrogen) atoms. The highest BCUT2D eigenvalue weighted by Crippen LogP contribution is 2.19. The summed E-state index contributed by atoms with van der Waals surface area (Å²) in [4.78, 5) is 22.3. The number of nitro benzene ring substituents is 1. The van der Waals surface area contributed by atoms with Crippen LogP contribution in [-0.4, -0.2) is 10.8 Å². The first-order valence-electron chi connectivity index (χ1n) is 6.12. The van der Waals surface area contributed by atoms with Crippen LogP contribution in [0.2, 0.25) is 0 Å². The highest BCUT2D eigenvalue weighted by Gasteiger charge is 2.15. The highest BCUT2D eigenvalue weighted by molar-refractivity contribution is 5.92. The van der Waals surface area contributed by atoms with E-state index in [0.29, 0.717) is 16.8 Å². The van der Waals surface area contributed by atoms with E-state index in [1.165, 1.54) is 12.1 Å². The monoisotopic (exact) mass is 281 g/mol. The zero-order chi connectivity index (χ0) is 15.2. The summed E-state index contributed by atoms with van der Waals surface area (Å²) in [5.41, 5.74) is 1.17. The summed E-state index contributed by atoms with van der Waals surface area (Å²) in [5, 5.41) is 22.3. The smallest absolute Gasteiger partial charge is 0.273 e. The zero-order valence-electron chi connectivity index (χ0n) is 10.9. The Kier molecular flexibility index (Phi) is 4.26. The van der Waals surface area contributed by atoms with Crippen LogP contribution in [0.1, 0.15) is 11.1 Å². The molecule has 1 N–H and O–H groups in total. The summed E-state index contributed by atoms with van der Waals surface area (Å²) in [5.74, 6) is -0.376. The second-order valence-corrected chi connectivity index (χ2v) is 4.30. The lowest BCUT2D eigenvalue weighted by Crippen LogP contribution is -2.15.